The maximum absolute atomic E-state index is 13.6. The highest BCUT2D eigenvalue weighted by atomic mass is 32.1. The van der Waals surface area contributed by atoms with Crippen LogP contribution in [0.15, 0.2) is 54.0 Å². The van der Waals surface area contributed by atoms with Crippen molar-refractivity contribution in [3.63, 3.8) is 0 Å². The number of ether oxygens (including phenoxy) is 2. The maximum Gasteiger partial charge on any atom is 0.314 e. The fraction of sp³-hybridized carbons (Fsp3) is 0.280. The highest BCUT2D eigenvalue weighted by Gasteiger charge is 2.47. The smallest absolute Gasteiger partial charge is 0.314 e. The summed E-state index contributed by atoms with van der Waals surface area (Å²) in [5, 5.41) is 14.7. The van der Waals surface area contributed by atoms with Crippen molar-refractivity contribution in [1.29, 1.82) is 0 Å². The zero-order valence-corrected chi connectivity index (χ0v) is 20.4. The average Bonchev–Trinajstić information content (AvgIpc) is 3.56. The van der Waals surface area contributed by atoms with Gasteiger partial charge in [0, 0.05) is 16.6 Å². The Morgan fingerprint density at radius 3 is 2.58 bits per heavy atom. The molecule has 0 spiro atoms. The molecule has 0 unspecified atom stereocenters. The lowest BCUT2D eigenvalue weighted by Crippen LogP contribution is -2.49. The molecule has 3 aromatic heterocycles. The Kier molecular flexibility index (Phi) is 6.29. The number of H-pyrrole nitrogens is 1. The van der Waals surface area contributed by atoms with Gasteiger partial charge in [0.2, 0.25) is 11.7 Å². The Balaban J connectivity index is 1.50. The van der Waals surface area contributed by atoms with Crippen LogP contribution in [0.25, 0.3) is 22.6 Å². The number of benzene rings is 1. The first kappa shape index (κ1) is 24.0. The van der Waals surface area contributed by atoms with Gasteiger partial charge in [-0.25, -0.2) is 19.3 Å². The second-order valence-electron chi connectivity index (χ2n) is 8.90. The van der Waals surface area contributed by atoms with Crippen LogP contribution in [-0.4, -0.2) is 44.2 Å². The van der Waals surface area contributed by atoms with Crippen LogP contribution < -0.4 is 5.32 Å². The monoisotopic (exact) mass is 509 g/mol. The molecule has 0 amide bonds. The third-order valence-electron chi connectivity index (χ3n) is 6.01. The van der Waals surface area contributed by atoms with Crippen LogP contribution in [-0.2, 0) is 26.6 Å². The van der Waals surface area contributed by atoms with Crippen molar-refractivity contribution in [2.24, 2.45) is 5.41 Å². The molecule has 5 rings (SSSR count). The first-order chi connectivity index (χ1) is 17.3. The molecule has 0 atom stereocenters. The number of carbonyl (C=O) groups is 1. The van der Waals surface area contributed by atoms with Crippen LogP contribution in [0.5, 0.6) is 0 Å². The van der Waals surface area contributed by atoms with Crippen molar-refractivity contribution in [3.05, 3.63) is 70.6 Å². The van der Waals surface area contributed by atoms with Crippen molar-refractivity contribution in [1.82, 2.24) is 19.9 Å². The third kappa shape index (κ3) is 4.72. The van der Waals surface area contributed by atoms with Gasteiger partial charge < -0.3 is 24.9 Å². The Morgan fingerprint density at radius 2 is 1.92 bits per heavy atom. The predicted molar refractivity (Wildman–Crippen MR) is 132 cm³/mol. The largest absolute Gasteiger partial charge is 0.481 e. The van der Waals surface area contributed by atoms with E-state index in [1.165, 1.54) is 12.1 Å². The van der Waals surface area contributed by atoms with E-state index in [2.05, 4.69) is 20.3 Å². The summed E-state index contributed by atoms with van der Waals surface area (Å²) in [5.41, 5.74) is 1.15. The summed E-state index contributed by atoms with van der Waals surface area (Å²) >= 11 is 1.63. The highest BCUT2D eigenvalue weighted by molar-refractivity contribution is 7.09. The van der Waals surface area contributed by atoms with Crippen molar-refractivity contribution < 1.29 is 23.8 Å². The number of hydrogen-bond donors (Lipinski definition) is 3. The first-order valence-electron chi connectivity index (χ1n) is 11.2. The molecule has 186 valence electrons. The Morgan fingerprint density at radius 1 is 1.17 bits per heavy atom. The minimum atomic E-state index is -1.31. The summed E-state index contributed by atoms with van der Waals surface area (Å²) in [6.07, 6.45) is 1.64. The van der Waals surface area contributed by atoms with E-state index in [1.54, 1.807) is 49.6 Å². The minimum absolute atomic E-state index is 0.0506. The summed E-state index contributed by atoms with van der Waals surface area (Å²) < 4.78 is 25.4. The summed E-state index contributed by atoms with van der Waals surface area (Å²) in [6, 6.07) is 11.7. The number of thiophene rings is 1. The molecule has 11 heteroatoms. The van der Waals surface area contributed by atoms with E-state index in [-0.39, 0.29) is 19.0 Å². The van der Waals surface area contributed by atoms with Gasteiger partial charge in [0.15, 0.2) is 5.82 Å². The molecule has 1 aliphatic heterocycles. The topological polar surface area (TPSA) is 122 Å². The van der Waals surface area contributed by atoms with E-state index >= 15 is 0 Å². The van der Waals surface area contributed by atoms with Crippen LogP contribution in [0, 0.1) is 11.2 Å². The molecule has 1 fully saturated rings. The Bertz CT molecular complexity index is 1370. The number of aromatic amines is 1. The van der Waals surface area contributed by atoms with Gasteiger partial charge in [-0.05, 0) is 55.6 Å². The van der Waals surface area contributed by atoms with E-state index in [4.69, 9.17) is 14.5 Å². The number of hydrogen-bond acceptors (Lipinski definition) is 8. The van der Waals surface area contributed by atoms with E-state index in [0.717, 1.165) is 4.88 Å². The number of nitrogens with zero attached hydrogens (tertiary/aromatic N) is 3. The van der Waals surface area contributed by atoms with E-state index in [0.29, 0.717) is 41.0 Å². The average molecular weight is 510 g/mol. The standard InChI is InChI=1S/C25H24FN5O4S/c1-24(22(32)33)13-34-25(2,35-14-24)21-30-19(15-5-7-16(26)8-6-15)20(31-21)18-9-10-27-23(29-18)28-12-17-4-3-11-36-17/h3-11H,12-14H2,1-2H3,(H,30,31)(H,32,33)(H,27,28,29). The number of aliphatic carboxylic acids is 1. The zero-order valence-electron chi connectivity index (χ0n) is 19.6. The van der Waals surface area contributed by atoms with Gasteiger partial charge in [-0.3, -0.25) is 4.79 Å². The van der Waals surface area contributed by atoms with Crippen molar-refractivity contribution >= 4 is 23.3 Å². The summed E-state index contributed by atoms with van der Waals surface area (Å²) in [5.74, 6) is -1.89. The van der Waals surface area contributed by atoms with Gasteiger partial charge in [0.25, 0.3) is 0 Å². The summed E-state index contributed by atoms with van der Waals surface area (Å²) in [6.45, 7) is 3.73. The molecular formula is C25H24FN5O4S. The van der Waals surface area contributed by atoms with Crippen molar-refractivity contribution in [2.45, 2.75) is 26.2 Å². The number of anilines is 1. The predicted octanol–water partition coefficient (Wildman–Crippen LogP) is 4.66. The lowest BCUT2D eigenvalue weighted by atomic mass is 9.92. The molecule has 3 N–H and O–H groups in total. The molecule has 9 nitrogen and oxygen atoms in total. The molecule has 1 saturated heterocycles. The molecule has 1 aliphatic rings. The lowest BCUT2D eigenvalue weighted by Gasteiger charge is -2.39. The van der Waals surface area contributed by atoms with Gasteiger partial charge >= 0.3 is 5.97 Å². The fourth-order valence-corrected chi connectivity index (χ4v) is 4.33. The number of carboxylic acids is 1. The molecule has 4 heterocycles. The van der Waals surface area contributed by atoms with Crippen molar-refractivity contribution in [2.75, 3.05) is 18.5 Å². The molecule has 0 radical (unpaired) electrons. The summed E-state index contributed by atoms with van der Waals surface area (Å²) in [7, 11) is 0. The molecule has 0 aliphatic carbocycles. The first-order valence-corrected chi connectivity index (χ1v) is 12.1. The number of carboxylic acid groups (broad SMARTS) is 1. The Hall–Kier alpha value is -3.67. The molecule has 1 aromatic carbocycles. The molecule has 4 aromatic rings. The van der Waals surface area contributed by atoms with E-state index in [9.17, 15) is 14.3 Å². The SMILES string of the molecule is CC1(C(=O)O)COC(C)(c2nc(-c3ccc(F)cc3)c(-c3ccnc(NCc4cccs4)n3)[nH]2)OC1. The van der Waals surface area contributed by atoms with Crippen LogP contribution in [0.4, 0.5) is 10.3 Å². The summed E-state index contributed by atoms with van der Waals surface area (Å²) in [4.78, 5) is 29.7. The molecule has 0 saturated carbocycles. The number of halogens is 1. The fourth-order valence-electron chi connectivity index (χ4n) is 3.69. The molecular weight excluding hydrogens is 485 g/mol. The number of nitrogens with one attached hydrogen (secondary N) is 2. The van der Waals surface area contributed by atoms with E-state index in [1.807, 2.05) is 17.5 Å². The second kappa shape index (κ2) is 9.41. The van der Waals surface area contributed by atoms with Crippen LogP contribution in [0.3, 0.4) is 0 Å². The van der Waals surface area contributed by atoms with Gasteiger partial charge in [0.1, 0.15) is 11.2 Å². The van der Waals surface area contributed by atoms with Gasteiger partial charge in [-0.1, -0.05) is 6.07 Å². The van der Waals surface area contributed by atoms with Crippen LogP contribution >= 0.6 is 11.3 Å². The Labute approximate surface area is 210 Å². The third-order valence-corrected chi connectivity index (χ3v) is 6.89. The number of imidazole rings is 1. The van der Waals surface area contributed by atoms with Gasteiger partial charge in [-0.15, -0.1) is 11.3 Å². The van der Waals surface area contributed by atoms with Crippen molar-refractivity contribution in [3.8, 4) is 22.6 Å². The maximum atomic E-state index is 13.6. The van der Waals surface area contributed by atoms with Gasteiger partial charge in [-0.2, -0.15) is 0 Å². The normalized spacial score (nSPS) is 21.9. The number of aromatic nitrogens is 4. The quantitative estimate of drug-likeness (QED) is 0.329. The van der Waals surface area contributed by atoms with Gasteiger partial charge in [0.05, 0.1) is 36.8 Å². The second-order valence-corrected chi connectivity index (χ2v) is 9.94. The molecule has 36 heavy (non-hydrogen) atoms. The minimum Gasteiger partial charge on any atom is -0.481 e. The number of rotatable bonds is 7. The van der Waals surface area contributed by atoms with Crippen LogP contribution in [0.1, 0.15) is 24.5 Å². The lowest BCUT2D eigenvalue weighted by molar-refractivity contribution is -0.301. The molecule has 0 bridgehead atoms. The van der Waals surface area contributed by atoms with E-state index < -0.39 is 17.2 Å². The zero-order chi connectivity index (χ0) is 25.3. The highest BCUT2D eigenvalue weighted by Crippen LogP contribution is 2.39. The van der Waals surface area contributed by atoms with Crippen LogP contribution in [0.2, 0.25) is 0 Å².